The SMILES string of the molecule is CC(C)C[C@@H](N)C(=O)N[C@H]1CC[C@H]2CN(Cc3cccc(C(F)(F)F)c3)C[C@H]21. The van der Waals surface area contributed by atoms with E-state index in [0.29, 0.717) is 36.3 Å². The molecule has 2 aliphatic rings. The molecule has 7 heteroatoms. The molecule has 28 heavy (non-hydrogen) atoms. The maximum Gasteiger partial charge on any atom is 0.416 e. The third kappa shape index (κ3) is 5.06. The molecule has 0 bridgehead atoms. The normalized spacial score (nSPS) is 26.5. The summed E-state index contributed by atoms with van der Waals surface area (Å²) in [4.78, 5) is 14.6. The first kappa shape index (κ1) is 21.1. The molecule has 1 aliphatic carbocycles. The van der Waals surface area contributed by atoms with E-state index in [1.165, 1.54) is 12.1 Å². The maximum atomic E-state index is 12.9. The van der Waals surface area contributed by atoms with Gasteiger partial charge in [0, 0.05) is 25.7 Å². The van der Waals surface area contributed by atoms with Crippen LogP contribution in [-0.2, 0) is 17.5 Å². The Labute approximate surface area is 164 Å². The summed E-state index contributed by atoms with van der Waals surface area (Å²) in [7, 11) is 0. The highest BCUT2D eigenvalue weighted by Crippen LogP contribution is 2.39. The van der Waals surface area contributed by atoms with Crippen molar-refractivity contribution in [2.45, 2.75) is 57.9 Å². The number of hydrogen-bond donors (Lipinski definition) is 2. The Balaban J connectivity index is 1.57. The molecular formula is C21H30F3N3O. The number of halogens is 3. The number of likely N-dealkylation sites (tertiary alicyclic amines) is 1. The zero-order chi connectivity index (χ0) is 20.5. The standard InChI is InChI=1S/C21H30F3N3O/c1-13(2)8-18(25)20(28)26-19-7-6-15-11-27(12-17(15)19)10-14-4-3-5-16(9-14)21(22,23)24/h3-5,9,13,15,17-19H,6-8,10-12,25H2,1-2H3,(H,26,28)/t15-,17+,18+,19-/m0/s1. The average molecular weight is 397 g/mol. The van der Waals surface area contributed by atoms with Gasteiger partial charge in [-0.2, -0.15) is 13.2 Å². The Morgan fingerprint density at radius 3 is 2.71 bits per heavy atom. The Morgan fingerprint density at radius 1 is 1.29 bits per heavy atom. The van der Waals surface area contributed by atoms with Crippen molar-refractivity contribution in [1.29, 1.82) is 0 Å². The van der Waals surface area contributed by atoms with E-state index >= 15 is 0 Å². The molecular weight excluding hydrogens is 367 g/mol. The van der Waals surface area contributed by atoms with Crippen molar-refractivity contribution < 1.29 is 18.0 Å². The minimum absolute atomic E-state index is 0.0873. The maximum absolute atomic E-state index is 12.9. The number of fused-ring (bicyclic) bond motifs is 1. The van der Waals surface area contributed by atoms with Crippen LogP contribution in [0.1, 0.15) is 44.2 Å². The van der Waals surface area contributed by atoms with E-state index in [-0.39, 0.29) is 11.9 Å². The number of carbonyl (C=O) groups excluding carboxylic acids is 1. The summed E-state index contributed by atoms with van der Waals surface area (Å²) in [5.74, 6) is 1.11. The third-order valence-corrected chi connectivity index (χ3v) is 5.98. The number of alkyl halides is 3. The molecule has 1 heterocycles. The molecule has 1 saturated heterocycles. The highest BCUT2D eigenvalue weighted by Gasteiger charge is 2.43. The zero-order valence-corrected chi connectivity index (χ0v) is 16.5. The van der Waals surface area contributed by atoms with Crippen molar-refractivity contribution >= 4 is 5.91 Å². The lowest BCUT2D eigenvalue weighted by Gasteiger charge is -2.24. The smallest absolute Gasteiger partial charge is 0.352 e. The molecule has 0 aromatic heterocycles. The summed E-state index contributed by atoms with van der Waals surface area (Å²) >= 11 is 0. The molecule has 1 saturated carbocycles. The number of nitrogens with one attached hydrogen (secondary N) is 1. The highest BCUT2D eigenvalue weighted by atomic mass is 19.4. The number of carbonyl (C=O) groups is 1. The van der Waals surface area contributed by atoms with Gasteiger partial charge in [-0.3, -0.25) is 9.69 Å². The number of nitrogens with two attached hydrogens (primary N) is 1. The van der Waals surface area contributed by atoms with Gasteiger partial charge in [-0.25, -0.2) is 0 Å². The quantitative estimate of drug-likeness (QED) is 0.774. The van der Waals surface area contributed by atoms with Gasteiger partial charge in [0.2, 0.25) is 5.91 Å². The van der Waals surface area contributed by atoms with Gasteiger partial charge < -0.3 is 11.1 Å². The predicted octanol–water partition coefficient (Wildman–Crippen LogP) is 3.41. The van der Waals surface area contributed by atoms with E-state index in [9.17, 15) is 18.0 Å². The second-order valence-electron chi connectivity index (χ2n) is 8.74. The van der Waals surface area contributed by atoms with Crippen LogP contribution in [-0.4, -0.2) is 36.0 Å². The van der Waals surface area contributed by atoms with Crippen LogP contribution in [0.2, 0.25) is 0 Å². The largest absolute Gasteiger partial charge is 0.416 e. The summed E-state index contributed by atoms with van der Waals surface area (Å²) in [6.45, 7) is 6.25. The summed E-state index contributed by atoms with van der Waals surface area (Å²) in [5.41, 5.74) is 6.07. The van der Waals surface area contributed by atoms with Crippen molar-refractivity contribution in [2.75, 3.05) is 13.1 Å². The predicted molar refractivity (Wildman–Crippen MR) is 102 cm³/mol. The van der Waals surface area contributed by atoms with Crippen molar-refractivity contribution in [3.63, 3.8) is 0 Å². The molecule has 2 fully saturated rings. The molecule has 4 nitrogen and oxygen atoms in total. The fourth-order valence-corrected chi connectivity index (χ4v) is 4.67. The Kier molecular flexibility index (Phi) is 6.34. The molecule has 1 aromatic rings. The van der Waals surface area contributed by atoms with Crippen LogP contribution in [0.25, 0.3) is 0 Å². The van der Waals surface area contributed by atoms with Crippen LogP contribution in [0.3, 0.4) is 0 Å². The monoisotopic (exact) mass is 397 g/mol. The van der Waals surface area contributed by atoms with E-state index in [4.69, 9.17) is 5.73 Å². The number of amides is 1. The summed E-state index contributed by atoms with van der Waals surface area (Å²) in [6.07, 6.45) is -1.67. The van der Waals surface area contributed by atoms with Crippen LogP contribution in [0.15, 0.2) is 24.3 Å². The van der Waals surface area contributed by atoms with E-state index in [0.717, 1.165) is 32.0 Å². The second kappa shape index (κ2) is 8.41. The van der Waals surface area contributed by atoms with Gasteiger partial charge in [-0.1, -0.05) is 32.0 Å². The summed E-state index contributed by atoms with van der Waals surface area (Å²) in [5, 5.41) is 3.13. The highest BCUT2D eigenvalue weighted by molar-refractivity contribution is 5.81. The molecule has 156 valence electrons. The van der Waals surface area contributed by atoms with E-state index in [2.05, 4.69) is 10.2 Å². The van der Waals surface area contributed by atoms with Crippen LogP contribution < -0.4 is 11.1 Å². The number of nitrogens with zero attached hydrogens (tertiary/aromatic N) is 1. The summed E-state index contributed by atoms with van der Waals surface area (Å²) < 4.78 is 38.8. The van der Waals surface area contributed by atoms with Gasteiger partial charge in [0.15, 0.2) is 0 Å². The average Bonchev–Trinajstić information content (AvgIpc) is 3.15. The van der Waals surface area contributed by atoms with Gasteiger partial charge >= 0.3 is 6.18 Å². The first-order valence-corrected chi connectivity index (χ1v) is 10.1. The lowest BCUT2D eigenvalue weighted by molar-refractivity contribution is -0.137. The van der Waals surface area contributed by atoms with Crippen molar-refractivity contribution in [2.24, 2.45) is 23.5 Å². The van der Waals surface area contributed by atoms with Gasteiger partial charge in [0.05, 0.1) is 11.6 Å². The molecule has 4 atom stereocenters. The fraction of sp³-hybridized carbons (Fsp3) is 0.667. The van der Waals surface area contributed by atoms with Gasteiger partial charge in [0.25, 0.3) is 0 Å². The third-order valence-electron chi connectivity index (χ3n) is 5.98. The molecule has 1 amide bonds. The first-order chi connectivity index (χ1) is 13.1. The van der Waals surface area contributed by atoms with Crippen LogP contribution in [0.5, 0.6) is 0 Å². The lowest BCUT2D eigenvalue weighted by Crippen LogP contribution is -2.48. The Bertz CT molecular complexity index is 692. The van der Waals surface area contributed by atoms with Gasteiger partial charge in [-0.15, -0.1) is 0 Å². The van der Waals surface area contributed by atoms with Crippen molar-refractivity contribution in [3.8, 4) is 0 Å². The minimum atomic E-state index is -4.32. The Hall–Kier alpha value is -1.60. The van der Waals surface area contributed by atoms with Crippen LogP contribution in [0.4, 0.5) is 13.2 Å². The summed E-state index contributed by atoms with van der Waals surface area (Å²) in [6, 6.07) is 5.18. The van der Waals surface area contributed by atoms with Crippen molar-refractivity contribution in [3.05, 3.63) is 35.4 Å². The lowest BCUT2D eigenvalue weighted by atomic mass is 9.97. The Morgan fingerprint density at radius 2 is 2.04 bits per heavy atom. The molecule has 1 aliphatic heterocycles. The van der Waals surface area contributed by atoms with Crippen LogP contribution in [0, 0.1) is 17.8 Å². The van der Waals surface area contributed by atoms with Crippen LogP contribution >= 0.6 is 0 Å². The van der Waals surface area contributed by atoms with E-state index in [1.807, 2.05) is 13.8 Å². The van der Waals surface area contributed by atoms with Crippen molar-refractivity contribution in [1.82, 2.24) is 10.2 Å². The fourth-order valence-electron chi connectivity index (χ4n) is 4.67. The second-order valence-corrected chi connectivity index (χ2v) is 8.74. The van der Waals surface area contributed by atoms with Gasteiger partial charge in [0.1, 0.15) is 0 Å². The molecule has 3 N–H and O–H groups in total. The molecule has 0 spiro atoms. The molecule has 1 aromatic carbocycles. The number of hydrogen-bond acceptors (Lipinski definition) is 3. The zero-order valence-electron chi connectivity index (χ0n) is 16.5. The number of benzene rings is 1. The molecule has 0 unspecified atom stereocenters. The van der Waals surface area contributed by atoms with E-state index < -0.39 is 17.8 Å². The number of rotatable bonds is 6. The first-order valence-electron chi connectivity index (χ1n) is 10.1. The van der Waals surface area contributed by atoms with Gasteiger partial charge in [-0.05, 0) is 48.6 Å². The van der Waals surface area contributed by atoms with E-state index in [1.54, 1.807) is 6.07 Å². The molecule has 3 rings (SSSR count). The minimum Gasteiger partial charge on any atom is -0.352 e. The molecule has 0 radical (unpaired) electrons. The topological polar surface area (TPSA) is 58.4 Å².